The van der Waals surface area contributed by atoms with E-state index >= 15 is 0 Å². The van der Waals surface area contributed by atoms with E-state index in [-0.39, 0.29) is 43.3 Å². The van der Waals surface area contributed by atoms with Crippen molar-refractivity contribution in [3.05, 3.63) is 90.0 Å². The van der Waals surface area contributed by atoms with Crippen molar-refractivity contribution in [2.24, 2.45) is 0 Å². The molecule has 1 saturated heterocycles. The standard InChI is InChI=1S/C33H40N2O8S/c1-33(2,3)43-32(37)35-26(18-19-42-44(38,39)28-14-10-7-11-15-28)23-34(22-25-16-17-27(40-4)21-30(25)41-5)31(36)29(35)20-24-12-8-6-9-13-24/h6-17,21,26,29H,18-20,22-23H2,1-5H3/t26-,29-/m0/s1. The van der Waals surface area contributed by atoms with Gasteiger partial charge in [0.15, 0.2) is 0 Å². The molecule has 1 aliphatic rings. The summed E-state index contributed by atoms with van der Waals surface area (Å²) in [6.07, 6.45) is -0.265. The van der Waals surface area contributed by atoms with Crippen LogP contribution in [0.25, 0.3) is 0 Å². The van der Waals surface area contributed by atoms with Crippen molar-refractivity contribution in [2.45, 2.75) is 62.7 Å². The van der Waals surface area contributed by atoms with Gasteiger partial charge in [0.05, 0.1) is 31.8 Å². The lowest BCUT2D eigenvalue weighted by molar-refractivity contribution is -0.145. The van der Waals surface area contributed by atoms with Gasteiger partial charge in [0.1, 0.15) is 23.1 Å². The summed E-state index contributed by atoms with van der Waals surface area (Å²) in [5.74, 6) is 0.912. The Bertz CT molecular complexity index is 1520. The van der Waals surface area contributed by atoms with Gasteiger partial charge >= 0.3 is 6.09 Å². The first-order valence-electron chi connectivity index (χ1n) is 14.4. The highest BCUT2D eigenvalue weighted by atomic mass is 32.2. The SMILES string of the molecule is COc1ccc(CN2C[C@H](CCOS(=O)(=O)c3ccccc3)N(C(=O)OC(C)(C)C)[C@@H](Cc3ccccc3)C2=O)c(OC)c1. The van der Waals surface area contributed by atoms with Crippen LogP contribution in [-0.4, -0.2) is 75.3 Å². The molecule has 0 bridgehead atoms. The first kappa shape index (κ1) is 32.8. The lowest BCUT2D eigenvalue weighted by atomic mass is 9.96. The maximum atomic E-state index is 14.2. The molecule has 44 heavy (non-hydrogen) atoms. The van der Waals surface area contributed by atoms with Crippen LogP contribution in [0, 0.1) is 0 Å². The van der Waals surface area contributed by atoms with Gasteiger partial charge in [0, 0.05) is 31.1 Å². The lowest BCUT2D eigenvalue weighted by Gasteiger charge is -2.46. The summed E-state index contributed by atoms with van der Waals surface area (Å²) in [6, 6.07) is 21.2. The second kappa shape index (κ2) is 14.1. The highest BCUT2D eigenvalue weighted by Gasteiger charge is 2.45. The molecule has 4 rings (SSSR count). The zero-order chi connectivity index (χ0) is 31.9. The molecular formula is C33H40N2O8S. The minimum absolute atomic E-state index is 0.0398. The maximum absolute atomic E-state index is 14.2. The second-order valence-corrected chi connectivity index (χ2v) is 13.1. The molecule has 0 unspecified atom stereocenters. The third-order valence-corrected chi connectivity index (χ3v) is 8.54. The van der Waals surface area contributed by atoms with E-state index in [1.807, 2.05) is 36.4 Å². The van der Waals surface area contributed by atoms with Crippen molar-refractivity contribution in [2.75, 3.05) is 27.4 Å². The van der Waals surface area contributed by atoms with Crippen LogP contribution in [-0.2, 0) is 36.8 Å². The summed E-state index contributed by atoms with van der Waals surface area (Å²) < 4.78 is 47.8. The van der Waals surface area contributed by atoms with Crippen LogP contribution in [0.3, 0.4) is 0 Å². The van der Waals surface area contributed by atoms with Crippen LogP contribution in [0.2, 0.25) is 0 Å². The fourth-order valence-corrected chi connectivity index (χ4v) is 6.08. The van der Waals surface area contributed by atoms with Gasteiger partial charge in [-0.2, -0.15) is 8.42 Å². The van der Waals surface area contributed by atoms with Crippen molar-refractivity contribution in [3.63, 3.8) is 0 Å². The van der Waals surface area contributed by atoms with Gasteiger partial charge in [-0.1, -0.05) is 48.5 Å². The molecule has 0 N–H and O–H groups in total. The van der Waals surface area contributed by atoms with Crippen LogP contribution in [0.15, 0.2) is 83.8 Å². The number of methoxy groups -OCH3 is 2. The highest BCUT2D eigenvalue weighted by Crippen LogP contribution is 2.30. The molecule has 1 heterocycles. The van der Waals surface area contributed by atoms with Crippen molar-refractivity contribution in [3.8, 4) is 11.5 Å². The van der Waals surface area contributed by atoms with Crippen molar-refractivity contribution in [1.82, 2.24) is 9.80 Å². The van der Waals surface area contributed by atoms with Gasteiger partial charge in [0.25, 0.3) is 10.1 Å². The quantitative estimate of drug-likeness (QED) is 0.272. The van der Waals surface area contributed by atoms with Crippen molar-refractivity contribution in [1.29, 1.82) is 0 Å². The molecule has 2 amide bonds. The van der Waals surface area contributed by atoms with E-state index in [4.69, 9.17) is 18.4 Å². The van der Waals surface area contributed by atoms with Crippen LogP contribution >= 0.6 is 0 Å². The Morgan fingerprint density at radius 1 is 0.932 bits per heavy atom. The second-order valence-electron chi connectivity index (χ2n) is 11.5. The largest absolute Gasteiger partial charge is 0.497 e. The van der Waals surface area contributed by atoms with Crippen molar-refractivity contribution < 1.29 is 36.4 Å². The number of ether oxygens (including phenoxy) is 3. The monoisotopic (exact) mass is 624 g/mol. The van der Waals surface area contributed by atoms with E-state index < -0.39 is 33.9 Å². The van der Waals surface area contributed by atoms with Gasteiger partial charge in [-0.15, -0.1) is 0 Å². The van der Waals surface area contributed by atoms with Gasteiger partial charge in [0.2, 0.25) is 5.91 Å². The Morgan fingerprint density at radius 2 is 1.59 bits per heavy atom. The van der Waals surface area contributed by atoms with Gasteiger partial charge < -0.3 is 19.1 Å². The molecule has 0 spiro atoms. The number of amides is 2. The fraction of sp³-hybridized carbons (Fsp3) is 0.394. The van der Waals surface area contributed by atoms with Gasteiger partial charge in [-0.3, -0.25) is 13.9 Å². The van der Waals surface area contributed by atoms with E-state index in [0.717, 1.165) is 11.1 Å². The molecule has 0 aromatic heterocycles. The average Bonchev–Trinajstić information content (AvgIpc) is 2.99. The molecule has 3 aromatic carbocycles. The molecule has 3 aromatic rings. The molecule has 0 radical (unpaired) electrons. The number of carbonyl (C=O) groups is 2. The zero-order valence-electron chi connectivity index (χ0n) is 25.8. The number of nitrogens with zero attached hydrogens (tertiary/aromatic N) is 2. The number of rotatable bonds is 11. The summed E-state index contributed by atoms with van der Waals surface area (Å²) in [5.41, 5.74) is 0.806. The van der Waals surface area contributed by atoms with Crippen LogP contribution < -0.4 is 9.47 Å². The molecule has 1 fully saturated rings. The third kappa shape index (κ3) is 8.29. The minimum Gasteiger partial charge on any atom is -0.497 e. The first-order valence-corrected chi connectivity index (χ1v) is 15.8. The van der Waals surface area contributed by atoms with Gasteiger partial charge in [-0.05, 0) is 57.0 Å². The van der Waals surface area contributed by atoms with Crippen LogP contribution in [0.5, 0.6) is 11.5 Å². The Kier molecular flexibility index (Phi) is 10.5. The average molecular weight is 625 g/mol. The zero-order valence-corrected chi connectivity index (χ0v) is 26.6. The Balaban J connectivity index is 1.68. The van der Waals surface area contributed by atoms with E-state index in [2.05, 4.69) is 0 Å². The fourth-order valence-electron chi connectivity index (χ4n) is 5.14. The summed E-state index contributed by atoms with van der Waals surface area (Å²) in [7, 11) is -0.912. The lowest BCUT2D eigenvalue weighted by Crippen LogP contribution is -2.64. The Hall–Kier alpha value is -4.09. The van der Waals surface area contributed by atoms with Crippen LogP contribution in [0.1, 0.15) is 38.3 Å². The van der Waals surface area contributed by atoms with Gasteiger partial charge in [-0.25, -0.2) is 4.79 Å². The minimum atomic E-state index is -4.02. The number of benzene rings is 3. The molecule has 2 atom stereocenters. The molecule has 10 nitrogen and oxygen atoms in total. The predicted molar refractivity (Wildman–Crippen MR) is 165 cm³/mol. The molecular weight excluding hydrogens is 584 g/mol. The molecule has 1 aliphatic heterocycles. The topological polar surface area (TPSA) is 112 Å². The smallest absolute Gasteiger partial charge is 0.411 e. The molecule has 0 saturated carbocycles. The summed E-state index contributed by atoms with van der Waals surface area (Å²) in [4.78, 5) is 31.1. The summed E-state index contributed by atoms with van der Waals surface area (Å²) >= 11 is 0. The van der Waals surface area contributed by atoms with E-state index in [1.165, 1.54) is 17.0 Å². The predicted octanol–water partition coefficient (Wildman–Crippen LogP) is 5.06. The summed E-state index contributed by atoms with van der Waals surface area (Å²) in [5, 5.41) is 0. The Labute approximate surface area is 259 Å². The Morgan fingerprint density at radius 3 is 2.20 bits per heavy atom. The highest BCUT2D eigenvalue weighted by molar-refractivity contribution is 7.86. The third-order valence-electron chi connectivity index (χ3n) is 7.21. The normalized spacial score (nSPS) is 17.3. The van der Waals surface area contributed by atoms with E-state index in [9.17, 15) is 18.0 Å². The van der Waals surface area contributed by atoms with Crippen molar-refractivity contribution >= 4 is 22.1 Å². The van der Waals surface area contributed by atoms with Crippen LogP contribution in [0.4, 0.5) is 4.79 Å². The van der Waals surface area contributed by atoms with E-state index in [1.54, 1.807) is 70.2 Å². The number of piperazine rings is 1. The number of carbonyl (C=O) groups excluding carboxylic acids is 2. The first-order chi connectivity index (χ1) is 20.9. The molecule has 236 valence electrons. The van der Waals surface area contributed by atoms with E-state index in [0.29, 0.717) is 11.5 Å². The maximum Gasteiger partial charge on any atom is 0.411 e. The number of hydrogen-bond donors (Lipinski definition) is 0. The molecule has 0 aliphatic carbocycles. The summed E-state index contributed by atoms with van der Waals surface area (Å²) in [6.45, 7) is 5.42. The number of hydrogen-bond acceptors (Lipinski definition) is 8. The molecule has 11 heteroatoms.